The number of hydrogen-bond donors (Lipinski definition) is 0. The average Bonchev–Trinajstić information content (AvgIpc) is 3.31. The van der Waals surface area contributed by atoms with E-state index in [-0.39, 0.29) is 10.8 Å². The first-order valence-corrected chi connectivity index (χ1v) is 8.94. The highest BCUT2D eigenvalue weighted by Crippen LogP contribution is 2.53. The normalized spacial score (nSPS) is 23.1. The molecule has 0 aromatic heterocycles. The molecule has 1 saturated carbocycles. The Balaban J connectivity index is 1.92. The lowest BCUT2D eigenvalue weighted by Gasteiger charge is -2.05. The Hall–Kier alpha value is -2.03. The van der Waals surface area contributed by atoms with Crippen LogP contribution < -0.4 is 4.74 Å². The third-order valence-corrected chi connectivity index (χ3v) is 6.59. The van der Waals surface area contributed by atoms with Crippen molar-refractivity contribution < 1.29 is 13.2 Å². The van der Waals surface area contributed by atoms with Gasteiger partial charge in [0, 0.05) is 10.9 Å². The second kappa shape index (κ2) is 5.88. The van der Waals surface area contributed by atoms with E-state index in [1.807, 2.05) is 12.1 Å². The fourth-order valence-electron chi connectivity index (χ4n) is 2.83. The molecule has 118 valence electrons. The largest absolute Gasteiger partial charge is 0.497 e. The van der Waals surface area contributed by atoms with Crippen molar-refractivity contribution in [3.63, 3.8) is 0 Å². The first-order valence-electron chi connectivity index (χ1n) is 7.02. The first kappa shape index (κ1) is 15.9. The van der Waals surface area contributed by atoms with E-state index in [1.165, 1.54) is 12.1 Å². The zero-order chi connectivity index (χ0) is 16.6. The Morgan fingerprint density at radius 1 is 1.09 bits per heavy atom. The molecule has 4 nitrogen and oxygen atoms in total. The van der Waals surface area contributed by atoms with E-state index in [4.69, 9.17) is 16.3 Å². The highest BCUT2D eigenvalue weighted by molar-refractivity contribution is 7.92. The molecule has 0 saturated heterocycles. The van der Waals surface area contributed by atoms with E-state index in [0.29, 0.717) is 10.8 Å². The molecule has 0 N–H and O–H groups in total. The summed E-state index contributed by atoms with van der Waals surface area (Å²) in [4.78, 5) is 0.197. The van der Waals surface area contributed by atoms with Gasteiger partial charge in [-0.1, -0.05) is 23.7 Å². The zero-order valence-electron chi connectivity index (χ0n) is 12.3. The summed E-state index contributed by atoms with van der Waals surface area (Å²) in [7, 11) is -2.00. The molecule has 1 aliphatic carbocycles. The van der Waals surface area contributed by atoms with E-state index in [0.717, 1.165) is 5.56 Å². The van der Waals surface area contributed by atoms with Crippen molar-refractivity contribution in [1.82, 2.24) is 0 Å². The molecule has 3 unspecified atom stereocenters. The van der Waals surface area contributed by atoms with E-state index in [1.54, 1.807) is 31.4 Å². The fourth-order valence-corrected chi connectivity index (χ4v) is 5.02. The van der Waals surface area contributed by atoms with Gasteiger partial charge in [0.25, 0.3) is 0 Å². The van der Waals surface area contributed by atoms with Crippen LogP contribution in [-0.2, 0) is 9.84 Å². The maximum absolute atomic E-state index is 12.8. The van der Waals surface area contributed by atoms with Crippen LogP contribution >= 0.6 is 11.6 Å². The summed E-state index contributed by atoms with van der Waals surface area (Å²) in [6.45, 7) is 0. The molecule has 3 atom stereocenters. The molecule has 1 aliphatic rings. The monoisotopic (exact) mass is 347 g/mol. The van der Waals surface area contributed by atoms with Gasteiger partial charge in [0.2, 0.25) is 0 Å². The molecule has 0 bridgehead atoms. The SMILES string of the molecule is COc1ccc(C2C(C#N)C2S(=O)(=O)c2ccc(Cl)cc2)cc1. The number of methoxy groups -OCH3 is 1. The maximum Gasteiger partial charge on any atom is 0.183 e. The standard InChI is InChI=1S/C17H14ClNO3S/c1-22-13-6-2-11(3-7-13)16-15(10-19)17(16)23(20,21)14-8-4-12(18)5-9-14/h2-9,15-17H,1H3. The third kappa shape index (κ3) is 2.80. The quantitative estimate of drug-likeness (QED) is 0.849. The minimum Gasteiger partial charge on any atom is -0.497 e. The van der Waals surface area contributed by atoms with Gasteiger partial charge in [-0.2, -0.15) is 5.26 Å². The third-order valence-electron chi connectivity index (χ3n) is 4.10. The van der Waals surface area contributed by atoms with Gasteiger partial charge in [-0.05, 0) is 42.0 Å². The van der Waals surface area contributed by atoms with Gasteiger partial charge >= 0.3 is 0 Å². The van der Waals surface area contributed by atoms with Crippen molar-refractivity contribution in [1.29, 1.82) is 5.26 Å². The van der Waals surface area contributed by atoms with Crippen LogP contribution in [0.25, 0.3) is 0 Å². The van der Waals surface area contributed by atoms with Crippen molar-refractivity contribution in [2.24, 2.45) is 5.92 Å². The lowest BCUT2D eigenvalue weighted by molar-refractivity contribution is 0.414. The minimum atomic E-state index is -3.57. The van der Waals surface area contributed by atoms with Crippen molar-refractivity contribution in [3.8, 4) is 11.8 Å². The van der Waals surface area contributed by atoms with Crippen molar-refractivity contribution in [2.45, 2.75) is 16.1 Å². The van der Waals surface area contributed by atoms with Gasteiger partial charge in [0.15, 0.2) is 9.84 Å². The Labute approximate surface area is 140 Å². The van der Waals surface area contributed by atoms with E-state index in [2.05, 4.69) is 6.07 Å². The predicted octanol–water partition coefficient (Wildman–Crippen LogP) is 3.43. The topological polar surface area (TPSA) is 67.2 Å². The zero-order valence-corrected chi connectivity index (χ0v) is 13.9. The van der Waals surface area contributed by atoms with Gasteiger partial charge in [-0.3, -0.25) is 0 Å². The Morgan fingerprint density at radius 2 is 1.70 bits per heavy atom. The number of nitrogens with zero attached hydrogens (tertiary/aromatic N) is 1. The van der Waals surface area contributed by atoms with Crippen LogP contribution in [0.5, 0.6) is 5.75 Å². The minimum absolute atomic E-state index is 0.197. The molecular formula is C17H14ClNO3S. The van der Waals surface area contributed by atoms with E-state index >= 15 is 0 Å². The lowest BCUT2D eigenvalue weighted by Crippen LogP contribution is -2.10. The molecule has 2 aromatic rings. The molecule has 6 heteroatoms. The number of rotatable bonds is 4. The van der Waals surface area contributed by atoms with Crippen LogP contribution in [-0.4, -0.2) is 20.8 Å². The number of ether oxygens (including phenoxy) is 1. The van der Waals surface area contributed by atoms with Crippen molar-refractivity contribution in [2.75, 3.05) is 7.11 Å². The number of halogens is 1. The highest BCUT2D eigenvalue weighted by atomic mass is 35.5. The summed E-state index contributed by atoms with van der Waals surface area (Å²) in [6, 6.07) is 15.3. The summed E-state index contributed by atoms with van der Waals surface area (Å²) in [5.74, 6) is -0.157. The molecule has 0 heterocycles. The van der Waals surface area contributed by atoms with Gasteiger partial charge in [0.1, 0.15) is 5.75 Å². The molecular weight excluding hydrogens is 334 g/mol. The molecule has 23 heavy (non-hydrogen) atoms. The molecule has 3 rings (SSSR count). The van der Waals surface area contributed by atoms with Crippen molar-refractivity contribution in [3.05, 3.63) is 59.1 Å². The van der Waals surface area contributed by atoms with Crippen LogP contribution in [0.4, 0.5) is 0 Å². The smallest absolute Gasteiger partial charge is 0.183 e. The second-order valence-electron chi connectivity index (χ2n) is 5.42. The summed E-state index contributed by atoms with van der Waals surface area (Å²) in [6.07, 6.45) is 0. The summed E-state index contributed by atoms with van der Waals surface area (Å²) < 4.78 is 30.6. The Kier molecular flexibility index (Phi) is 4.05. The molecule has 0 aliphatic heterocycles. The first-order chi connectivity index (χ1) is 11.0. The van der Waals surface area contributed by atoms with Crippen LogP contribution in [0, 0.1) is 17.2 Å². The second-order valence-corrected chi connectivity index (χ2v) is 7.96. The van der Waals surface area contributed by atoms with Crippen LogP contribution in [0.2, 0.25) is 5.02 Å². The maximum atomic E-state index is 12.8. The lowest BCUT2D eigenvalue weighted by atomic mass is 10.1. The molecule has 2 aromatic carbocycles. The van der Waals surface area contributed by atoms with Gasteiger partial charge < -0.3 is 4.74 Å². The Bertz CT molecular complexity index is 854. The molecule has 0 spiro atoms. The van der Waals surface area contributed by atoms with Crippen LogP contribution in [0.1, 0.15) is 11.5 Å². The fraction of sp³-hybridized carbons (Fsp3) is 0.235. The highest BCUT2D eigenvalue weighted by Gasteiger charge is 2.59. The van der Waals surface area contributed by atoms with Gasteiger partial charge in [-0.15, -0.1) is 0 Å². The summed E-state index contributed by atoms with van der Waals surface area (Å²) >= 11 is 5.81. The summed E-state index contributed by atoms with van der Waals surface area (Å²) in [5, 5.41) is 9.06. The van der Waals surface area contributed by atoms with E-state index < -0.39 is 21.0 Å². The van der Waals surface area contributed by atoms with E-state index in [9.17, 15) is 13.7 Å². The number of sulfone groups is 1. The number of nitriles is 1. The van der Waals surface area contributed by atoms with Gasteiger partial charge in [0.05, 0.1) is 29.2 Å². The molecule has 0 radical (unpaired) electrons. The summed E-state index contributed by atoms with van der Waals surface area (Å²) in [5.41, 5.74) is 0.833. The average molecular weight is 348 g/mol. The molecule has 0 amide bonds. The predicted molar refractivity (Wildman–Crippen MR) is 87.3 cm³/mol. The number of benzene rings is 2. The Morgan fingerprint density at radius 3 is 2.22 bits per heavy atom. The van der Waals surface area contributed by atoms with Crippen LogP contribution in [0.15, 0.2) is 53.4 Å². The molecule has 1 fully saturated rings. The van der Waals surface area contributed by atoms with Gasteiger partial charge in [-0.25, -0.2) is 8.42 Å². The number of hydrogen-bond acceptors (Lipinski definition) is 4. The van der Waals surface area contributed by atoms with Crippen LogP contribution in [0.3, 0.4) is 0 Å². The van der Waals surface area contributed by atoms with Crippen molar-refractivity contribution >= 4 is 21.4 Å².